The number of imidazole rings is 1. The Bertz CT molecular complexity index is 3730. The molecule has 5 aromatic rings. The molecule has 2 aromatic heterocycles. The van der Waals surface area contributed by atoms with Crippen LogP contribution in [0, 0.1) is 0 Å². The van der Waals surface area contributed by atoms with E-state index >= 15 is 0 Å². The van der Waals surface area contributed by atoms with E-state index in [0.29, 0.717) is 33.4 Å². The van der Waals surface area contributed by atoms with Gasteiger partial charge in [0.1, 0.15) is 30.3 Å². The molecule has 4 aliphatic heterocycles. The molecule has 4 aliphatic rings. The molecule has 0 bridgehead atoms. The Morgan fingerprint density at radius 2 is 1.64 bits per heavy atom. The van der Waals surface area contributed by atoms with Crippen LogP contribution in [0.4, 0.5) is 16.4 Å². The first kappa shape index (κ1) is 55.7. The molecule has 1 unspecified atom stereocenters. The van der Waals surface area contributed by atoms with Crippen LogP contribution in [0.2, 0.25) is 0 Å². The van der Waals surface area contributed by atoms with Crippen molar-refractivity contribution >= 4 is 73.1 Å². The molecule has 27 heteroatoms. The van der Waals surface area contributed by atoms with Gasteiger partial charge in [-0.25, -0.2) is 27.9 Å². The van der Waals surface area contributed by atoms with Crippen LogP contribution in [0.3, 0.4) is 0 Å². The fourth-order valence-electron chi connectivity index (χ4n) is 11.2. The zero-order chi connectivity index (χ0) is 56.7. The summed E-state index contributed by atoms with van der Waals surface area (Å²) < 4.78 is 55.2. The summed E-state index contributed by atoms with van der Waals surface area (Å²) in [6.45, 7) is 16.9. The van der Waals surface area contributed by atoms with Gasteiger partial charge in [-0.1, -0.05) is 17.1 Å². The number of aromatic carboxylic acids is 1. The minimum Gasteiger partial charge on any atom is -0.478 e. The molecule has 78 heavy (non-hydrogen) atoms. The number of H-pyrrole nitrogens is 1. The molecule has 2 amide bonds. The SMILES string of the molecule is CCN1c2cc3c(cc2C(C)=CC1(C)C)C(c1ccc(C(=O)NCCNC(=O)O[C@@H]2[C@H](O)[C@@H](COP(=O)(O)OP(=O)(O)O)O[C@H]2[n+]2cn(C)c4c(=O)[nH]c(N)nc42)cc1C(=O)O)=c1cc2c(cc1O3)=[N+](CC)C(C)(C)C=C2C. The minimum atomic E-state index is -5.52. The Kier molecular flexibility index (Phi) is 14.5. The Morgan fingerprint density at radius 1 is 0.936 bits per heavy atom. The molecule has 3 aromatic carbocycles. The largest absolute Gasteiger partial charge is 0.481 e. The van der Waals surface area contributed by atoms with E-state index in [-0.39, 0.29) is 52.4 Å². The first-order chi connectivity index (χ1) is 36.5. The van der Waals surface area contributed by atoms with Crippen LogP contribution >= 0.6 is 15.6 Å². The number of phosphoric acid groups is 2. The number of allylic oxidation sites excluding steroid dienone is 2. The molecule has 25 nitrogen and oxygen atoms in total. The molecule has 0 saturated carbocycles. The second-order valence-electron chi connectivity index (χ2n) is 20.4. The lowest BCUT2D eigenvalue weighted by atomic mass is 9.83. The number of ether oxygens (including phenoxy) is 3. The number of rotatable bonds is 15. The molecule has 414 valence electrons. The van der Waals surface area contributed by atoms with E-state index in [1.807, 2.05) is 12.1 Å². The van der Waals surface area contributed by atoms with E-state index < -0.39 is 70.3 Å². The van der Waals surface area contributed by atoms with E-state index in [1.165, 1.54) is 34.6 Å². The third-order valence-corrected chi connectivity index (χ3v) is 16.4. The smallest absolute Gasteiger partial charge is 0.478 e. The van der Waals surface area contributed by atoms with Gasteiger partial charge >= 0.3 is 33.4 Å². The van der Waals surface area contributed by atoms with Crippen molar-refractivity contribution in [2.45, 2.75) is 91.0 Å². The number of benzene rings is 3. The highest BCUT2D eigenvalue weighted by Crippen LogP contribution is 2.58. The number of nitrogens with one attached hydrogen (secondary N) is 3. The van der Waals surface area contributed by atoms with E-state index in [1.54, 1.807) is 6.07 Å². The molecular weight excluding hydrogens is 1060 g/mol. The van der Waals surface area contributed by atoms with E-state index in [4.69, 9.17) is 29.7 Å². The van der Waals surface area contributed by atoms with Crippen LogP contribution in [0.1, 0.15) is 105 Å². The van der Waals surface area contributed by atoms with Crippen molar-refractivity contribution < 1.29 is 76.0 Å². The standard InChI is InChI=1S/C51H59N9O16P2/c1-10-59-34-19-36-32(17-29(34)25(3)21-50(59,5)6)39(33-18-30-26(4)22-51(7,8)60(11-2)35(30)20-37(33)73-36)28-13-12-27(16-31(28)47(64)65)44(62)53-14-15-54-49(66)75-42-41(61)38(23-72-78(70,71)76-77(67,68)69)74-46(42)58-24-57(9)40-43(58)55-48(52)56-45(40)63/h12-13,16-22,24,38,41-42,46,61H,10-11,14-15,23H2,1-9H3,(H7-2,52,53,54,55,56,62,63,64,65,66,67,68,69,70,71)/p+2/t38-,41-,42-,46-/m1/s1. The molecule has 0 aliphatic carbocycles. The van der Waals surface area contributed by atoms with E-state index in [0.717, 1.165) is 46.4 Å². The van der Waals surface area contributed by atoms with Crippen LogP contribution in [-0.2, 0) is 34.5 Å². The van der Waals surface area contributed by atoms with Crippen molar-refractivity contribution in [2.75, 3.05) is 43.4 Å². The predicted molar refractivity (Wildman–Crippen MR) is 283 cm³/mol. The van der Waals surface area contributed by atoms with Crippen molar-refractivity contribution in [3.8, 4) is 11.5 Å². The number of aliphatic hydroxyl groups excluding tert-OH is 1. The number of alkyl carbamates (subject to hydrolysis) is 1. The third-order valence-electron chi connectivity index (χ3n) is 14.2. The highest BCUT2D eigenvalue weighted by Gasteiger charge is 2.51. The third kappa shape index (κ3) is 10.4. The highest BCUT2D eigenvalue weighted by atomic mass is 31.3. The van der Waals surface area contributed by atoms with Gasteiger partial charge in [-0.05, 0) is 88.6 Å². The summed E-state index contributed by atoms with van der Waals surface area (Å²) in [6, 6.07) is 12.6. The Balaban J connectivity index is 0.982. The number of fused-ring (bicyclic) bond motifs is 5. The fourth-order valence-corrected chi connectivity index (χ4v) is 12.8. The highest BCUT2D eigenvalue weighted by molar-refractivity contribution is 7.60. The summed E-state index contributed by atoms with van der Waals surface area (Å²) >= 11 is 0. The number of carbonyl (C=O) groups is 3. The molecule has 0 radical (unpaired) electrons. The number of aliphatic hydroxyl groups is 1. The Labute approximate surface area is 445 Å². The van der Waals surface area contributed by atoms with Crippen molar-refractivity contribution in [3.05, 3.63) is 115 Å². The molecule has 9 rings (SSSR count). The Morgan fingerprint density at radius 3 is 2.32 bits per heavy atom. The molecule has 6 heterocycles. The first-order valence-corrected chi connectivity index (χ1v) is 27.9. The average Bonchev–Trinajstić information content (AvgIpc) is 3.83. The monoisotopic (exact) mass is 1120 g/mol. The van der Waals surface area contributed by atoms with Crippen LogP contribution in [0.5, 0.6) is 11.5 Å². The maximum atomic E-state index is 13.8. The van der Waals surface area contributed by atoms with Crippen LogP contribution in [0.25, 0.3) is 27.9 Å². The number of aromatic amines is 1. The number of aryl methyl sites for hydroxylation is 1. The van der Waals surface area contributed by atoms with Crippen molar-refractivity contribution in [2.24, 2.45) is 7.05 Å². The number of phosphoric ester groups is 1. The molecule has 5 atom stereocenters. The number of carbonyl (C=O) groups excluding carboxylic acids is 2. The Hall–Kier alpha value is -7.05. The second kappa shape index (κ2) is 20.3. The lowest BCUT2D eigenvalue weighted by molar-refractivity contribution is -0.745. The number of hydrogen-bond acceptors (Lipinski definition) is 15. The summed E-state index contributed by atoms with van der Waals surface area (Å²) in [4.78, 5) is 90.1. The summed E-state index contributed by atoms with van der Waals surface area (Å²) in [5.74, 6) is -1.17. The number of nitrogen functional groups attached to an aromatic ring is 1. The summed E-state index contributed by atoms with van der Waals surface area (Å²) in [7, 11) is -9.47. The van der Waals surface area contributed by atoms with Crippen molar-refractivity contribution in [1.29, 1.82) is 0 Å². The van der Waals surface area contributed by atoms with Crippen molar-refractivity contribution in [1.82, 2.24) is 29.7 Å². The molecule has 1 fully saturated rings. The molecule has 0 spiro atoms. The number of nitrogens with zero attached hydrogens (tertiary/aromatic N) is 5. The average molecular weight is 1120 g/mol. The van der Waals surface area contributed by atoms with Crippen LogP contribution < -0.4 is 51.3 Å². The minimum absolute atomic E-state index is 0.00283. The quantitative estimate of drug-likeness (QED) is 0.0405. The van der Waals surface area contributed by atoms with Gasteiger partial charge in [-0.15, -0.1) is 0 Å². The van der Waals surface area contributed by atoms with E-state index in [9.17, 15) is 43.4 Å². The summed E-state index contributed by atoms with van der Waals surface area (Å²) in [5.41, 5.74) is 11.0. The van der Waals surface area contributed by atoms with Gasteiger partial charge in [0.25, 0.3) is 17.4 Å². The number of carboxylic acid groups (broad SMARTS) is 1. The zero-order valence-electron chi connectivity index (χ0n) is 44.1. The number of hydrogen-bond donors (Lipinski definition) is 9. The van der Waals surface area contributed by atoms with Crippen molar-refractivity contribution in [3.63, 3.8) is 0 Å². The number of amides is 2. The van der Waals surface area contributed by atoms with Gasteiger partial charge < -0.3 is 60.4 Å². The summed E-state index contributed by atoms with van der Waals surface area (Å²) in [6.07, 6.45) is -2.11. The maximum Gasteiger partial charge on any atom is 0.481 e. The second-order valence-corrected chi connectivity index (χ2v) is 23.3. The molecular formula is C51H61N9O16P2+2. The van der Waals surface area contributed by atoms with Gasteiger partial charge in [0.05, 0.1) is 30.8 Å². The number of nitrogens with two attached hydrogens (primary N) is 1. The van der Waals surface area contributed by atoms with Crippen LogP contribution in [0.15, 0.2) is 65.7 Å². The number of aromatic nitrogens is 4. The summed E-state index contributed by atoms with van der Waals surface area (Å²) in [5, 5.41) is 29.0. The lowest BCUT2D eigenvalue weighted by Crippen LogP contribution is -2.49. The predicted octanol–water partition coefficient (Wildman–Crippen LogP) is 2.92. The first-order valence-electron chi connectivity index (χ1n) is 24.8. The zero-order valence-corrected chi connectivity index (χ0v) is 45.8. The molecule has 10 N–H and O–H groups in total. The fraction of sp³-hybridized carbons (Fsp3) is 0.392. The molecule has 1 saturated heterocycles. The lowest BCUT2D eigenvalue weighted by Gasteiger charge is -2.43. The normalized spacial score (nSPS) is 20.8. The number of carboxylic acids is 1. The van der Waals surface area contributed by atoms with Gasteiger partial charge in [0.15, 0.2) is 18.0 Å². The van der Waals surface area contributed by atoms with Gasteiger partial charge in [0.2, 0.25) is 17.1 Å². The van der Waals surface area contributed by atoms with E-state index in [2.05, 4.69) is 119 Å². The number of likely N-dealkylation sites (N-methyl/N-ethyl adjacent to an activating group) is 2. The topological polar surface area (TPSA) is 344 Å². The van der Waals surface area contributed by atoms with Gasteiger partial charge in [-0.3, -0.25) is 23.7 Å². The maximum absolute atomic E-state index is 13.8. The van der Waals surface area contributed by atoms with Gasteiger partial charge in [-0.2, -0.15) is 4.31 Å². The van der Waals surface area contributed by atoms with Gasteiger partial charge in [0, 0.05) is 78.3 Å². The number of anilines is 2. The van der Waals surface area contributed by atoms with Crippen LogP contribution in [-0.4, -0.2) is 120 Å².